The van der Waals surface area contributed by atoms with E-state index in [1.807, 2.05) is 19.1 Å². The average Bonchev–Trinajstić information content (AvgIpc) is 3.02. The minimum Gasteiger partial charge on any atom is -0.372 e. The summed E-state index contributed by atoms with van der Waals surface area (Å²) < 4.78 is 40.3. The average molecular weight is 406 g/mol. The van der Waals surface area contributed by atoms with Gasteiger partial charge in [0.25, 0.3) is 5.56 Å². The van der Waals surface area contributed by atoms with Crippen molar-refractivity contribution in [3.63, 3.8) is 0 Å². The van der Waals surface area contributed by atoms with Gasteiger partial charge in [-0.3, -0.25) is 9.36 Å². The SMILES string of the molecule is CNc1nc([C@H]2CC[C@H](C(F)(F)F)CC2)n(-c2ccc(C)s2)c(=O)c1Cl. The van der Waals surface area contributed by atoms with Gasteiger partial charge in [-0.05, 0) is 44.7 Å². The van der Waals surface area contributed by atoms with Crippen molar-refractivity contribution in [1.29, 1.82) is 0 Å². The number of anilines is 1. The van der Waals surface area contributed by atoms with Crippen LogP contribution < -0.4 is 10.9 Å². The van der Waals surface area contributed by atoms with Crippen LogP contribution in [0, 0.1) is 12.8 Å². The van der Waals surface area contributed by atoms with Crippen LogP contribution in [0.25, 0.3) is 5.00 Å². The summed E-state index contributed by atoms with van der Waals surface area (Å²) in [6, 6.07) is 3.69. The molecule has 0 bridgehead atoms. The number of hydrogen-bond acceptors (Lipinski definition) is 4. The zero-order valence-corrected chi connectivity index (χ0v) is 15.9. The van der Waals surface area contributed by atoms with E-state index >= 15 is 0 Å². The van der Waals surface area contributed by atoms with Gasteiger partial charge in [-0.1, -0.05) is 11.6 Å². The number of aryl methyl sites for hydroxylation is 1. The molecule has 1 saturated carbocycles. The van der Waals surface area contributed by atoms with Gasteiger partial charge in [0.05, 0.1) is 5.92 Å². The van der Waals surface area contributed by atoms with Crippen molar-refractivity contribution in [1.82, 2.24) is 9.55 Å². The molecule has 0 aromatic carbocycles. The van der Waals surface area contributed by atoms with Crippen molar-refractivity contribution in [2.45, 2.75) is 44.7 Å². The molecule has 1 aliphatic rings. The van der Waals surface area contributed by atoms with Crippen molar-refractivity contribution in [3.05, 3.63) is 38.2 Å². The predicted molar refractivity (Wildman–Crippen MR) is 97.8 cm³/mol. The summed E-state index contributed by atoms with van der Waals surface area (Å²) in [5.41, 5.74) is -0.402. The quantitative estimate of drug-likeness (QED) is 0.769. The molecule has 0 radical (unpaired) electrons. The van der Waals surface area contributed by atoms with Gasteiger partial charge < -0.3 is 5.32 Å². The summed E-state index contributed by atoms with van der Waals surface area (Å²) in [7, 11) is 1.61. The molecule has 142 valence electrons. The Kier molecular flexibility index (Phi) is 5.35. The molecule has 1 aliphatic carbocycles. The second kappa shape index (κ2) is 7.23. The van der Waals surface area contributed by atoms with Crippen molar-refractivity contribution < 1.29 is 13.2 Å². The third-order valence-corrected chi connectivity index (χ3v) is 6.12. The fraction of sp³-hybridized carbons (Fsp3) is 0.529. The number of aromatic nitrogens is 2. The Bertz CT molecular complexity index is 854. The summed E-state index contributed by atoms with van der Waals surface area (Å²) in [6.07, 6.45) is -3.40. The molecular formula is C17H19ClF3N3OS. The van der Waals surface area contributed by atoms with Gasteiger partial charge >= 0.3 is 6.18 Å². The minimum absolute atomic E-state index is 0.0220. The lowest BCUT2D eigenvalue weighted by Crippen LogP contribution is -2.31. The molecule has 1 fully saturated rings. The number of rotatable bonds is 3. The molecule has 0 unspecified atom stereocenters. The maximum absolute atomic E-state index is 13.0. The number of alkyl halides is 3. The third-order valence-electron chi connectivity index (χ3n) is 4.79. The van der Waals surface area contributed by atoms with Gasteiger partial charge in [0.2, 0.25) is 0 Å². The summed E-state index contributed by atoms with van der Waals surface area (Å²) in [5, 5.41) is 3.46. The second-order valence-electron chi connectivity index (χ2n) is 6.50. The number of nitrogens with zero attached hydrogens (tertiary/aromatic N) is 2. The highest BCUT2D eigenvalue weighted by atomic mass is 35.5. The first-order valence-corrected chi connectivity index (χ1v) is 9.55. The van der Waals surface area contributed by atoms with E-state index in [2.05, 4.69) is 10.3 Å². The highest BCUT2D eigenvalue weighted by molar-refractivity contribution is 7.14. The molecule has 0 atom stereocenters. The molecule has 26 heavy (non-hydrogen) atoms. The van der Waals surface area contributed by atoms with Crippen LogP contribution in [-0.2, 0) is 0 Å². The maximum atomic E-state index is 13.0. The first-order chi connectivity index (χ1) is 12.2. The van der Waals surface area contributed by atoms with Crippen LogP contribution in [0.2, 0.25) is 5.02 Å². The van der Waals surface area contributed by atoms with Gasteiger partial charge in [-0.25, -0.2) is 4.98 Å². The van der Waals surface area contributed by atoms with Crippen molar-refractivity contribution in [2.75, 3.05) is 12.4 Å². The van der Waals surface area contributed by atoms with E-state index in [4.69, 9.17) is 11.6 Å². The van der Waals surface area contributed by atoms with Crippen LogP contribution in [0.5, 0.6) is 0 Å². The van der Waals surface area contributed by atoms with Crippen LogP contribution >= 0.6 is 22.9 Å². The van der Waals surface area contributed by atoms with E-state index in [0.717, 1.165) is 4.88 Å². The topological polar surface area (TPSA) is 46.9 Å². The molecule has 9 heteroatoms. The molecule has 0 saturated heterocycles. The van der Waals surface area contributed by atoms with Crippen molar-refractivity contribution in [2.24, 2.45) is 5.92 Å². The van der Waals surface area contributed by atoms with Crippen molar-refractivity contribution in [3.8, 4) is 5.00 Å². The Morgan fingerprint density at radius 2 is 1.92 bits per heavy atom. The molecule has 0 spiro atoms. The van der Waals surface area contributed by atoms with Crippen molar-refractivity contribution >= 4 is 28.8 Å². The zero-order chi connectivity index (χ0) is 19.1. The number of thiophene rings is 1. The minimum atomic E-state index is -4.17. The van der Waals surface area contributed by atoms with E-state index in [1.54, 1.807) is 7.05 Å². The van der Waals surface area contributed by atoms with E-state index in [1.165, 1.54) is 15.9 Å². The first-order valence-electron chi connectivity index (χ1n) is 8.36. The Morgan fingerprint density at radius 3 is 2.42 bits per heavy atom. The number of hydrogen-bond donors (Lipinski definition) is 1. The molecule has 2 aromatic rings. The lowest BCUT2D eigenvalue weighted by atomic mass is 9.81. The van der Waals surface area contributed by atoms with Gasteiger partial charge in [0, 0.05) is 17.8 Å². The highest BCUT2D eigenvalue weighted by Gasteiger charge is 2.42. The summed E-state index contributed by atoms with van der Waals surface area (Å²) in [4.78, 5) is 18.3. The van der Waals surface area contributed by atoms with Crippen LogP contribution in [0.1, 0.15) is 42.3 Å². The summed E-state index contributed by atoms with van der Waals surface area (Å²) in [6.45, 7) is 1.92. The second-order valence-corrected chi connectivity index (χ2v) is 8.14. The molecule has 0 aliphatic heterocycles. The smallest absolute Gasteiger partial charge is 0.372 e. The molecular weight excluding hydrogens is 387 g/mol. The lowest BCUT2D eigenvalue weighted by Gasteiger charge is -2.30. The maximum Gasteiger partial charge on any atom is 0.391 e. The summed E-state index contributed by atoms with van der Waals surface area (Å²) in [5.74, 6) is -0.757. The number of halogens is 4. The summed E-state index contributed by atoms with van der Waals surface area (Å²) >= 11 is 7.57. The van der Waals surface area contributed by atoms with Crippen LogP contribution in [0.15, 0.2) is 16.9 Å². The van der Waals surface area contributed by atoms with E-state index < -0.39 is 17.7 Å². The Balaban J connectivity index is 2.04. The van der Waals surface area contributed by atoms with Gasteiger partial charge in [0.15, 0.2) is 5.82 Å². The van der Waals surface area contributed by atoms with E-state index in [9.17, 15) is 18.0 Å². The van der Waals surface area contributed by atoms with Crippen LogP contribution in [0.3, 0.4) is 0 Å². The standard InChI is InChI=1S/C17H19ClF3N3OS/c1-9-3-8-12(26-9)24-15(23-14(22-2)13(18)16(24)25)10-4-6-11(7-5-10)17(19,20)21/h3,8,10-11,22H,4-7H2,1-2H3/t10-,11-. The van der Waals surface area contributed by atoms with E-state index in [-0.39, 0.29) is 29.6 Å². The Morgan fingerprint density at radius 1 is 1.27 bits per heavy atom. The molecule has 1 N–H and O–H groups in total. The third kappa shape index (κ3) is 3.62. The van der Waals surface area contributed by atoms with E-state index in [0.29, 0.717) is 23.7 Å². The Labute approximate surface area is 158 Å². The van der Waals surface area contributed by atoms with Crippen LogP contribution in [0.4, 0.5) is 19.0 Å². The predicted octanol–water partition coefficient (Wildman–Crippen LogP) is 5.13. The largest absolute Gasteiger partial charge is 0.391 e. The van der Waals surface area contributed by atoms with Gasteiger partial charge in [-0.15, -0.1) is 11.3 Å². The monoisotopic (exact) mass is 405 g/mol. The molecule has 0 amide bonds. The molecule has 3 rings (SSSR count). The zero-order valence-electron chi connectivity index (χ0n) is 14.4. The Hall–Kier alpha value is -1.54. The number of nitrogens with one attached hydrogen (secondary N) is 1. The molecule has 2 heterocycles. The van der Waals surface area contributed by atoms with Crippen LogP contribution in [-0.4, -0.2) is 22.8 Å². The normalized spacial score (nSPS) is 21.0. The van der Waals surface area contributed by atoms with Gasteiger partial charge in [0.1, 0.15) is 15.8 Å². The van der Waals surface area contributed by atoms with Gasteiger partial charge in [-0.2, -0.15) is 13.2 Å². The fourth-order valence-electron chi connectivity index (χ4n) is 3.39. The lowest BCUT2D eigenvalue weighted by molar-refractivity contribution is -0.182. The molecule has 4 nitrogen and oxygen atoms in total. The highest BCUT2D eigenvalue weighted by Crippen LogP contribution is 2.43. The first kappa shape index (κ1) is 19.2. The molecule has 2 aromatic heterocycles. The fourth-order valence-corrected chi connectivity index (χ4v) is 4.48.